The number of hydrogen-bond acceptors (Lipinski definition) is 2. The molecule has 2 N–H and O–H groups in total. The van der Waals surface area contributed by atoms with Gasteiger partial charge in [0.2, 0.25) is 0 Å². The molecule has 25 heavy (non-hydrogen) atoms. The van der Waals surface area contributed by atoms with E-state index in [4.69, 9.17) is 0 Å². The second kappa shape index (κ2) is 13.3. The van der Waals surface area contributed by atoms with E-state index in [1.165, 1.54) is 57.5 Å². The second-order valence-electron chi connectivity index (χ2n) is 6.41. The molecule has 2 rings (SSSR count). The molecule has 0 amide bonds. The molecule has 0 radical (unpaired) electrons. The molecular formula is C19H32FIN4. The predicted molar refractivity (Wildman–Crippen MR) is 114 cm³/mol. The van der Waals surface area contributed by atoms with Crippen molar-refractivity contribution >= 4 is 29.9 Å². The van der Waals surface area contributed by atoms with Gasteiger partial charge in [-0.15, -0.1) is 24.0 Å². The fourth-order valence-electron chi connectivity index (χ4n) is 3.07. The van der Waals surface area contributed by atoms with E-state index in [2.05, 4.69) is 20.5 Å². The highest BCUT2D eigenvalue weighted by molar-refractivity contribution is 14.0. The van der Waals surface area contributed by atoms with Gasteiger partial charge in [0.15, 0.2) is 5.96 Å². The molecule has 1 aliphatic rings. The maximum absolute atomic E-state index is 12.9. The van der Waals surface area contributed by atoms with Gasteiger partial charge in [0, 0.05) is 20.1 Å². The molecule has 0 aromatic heterocycles. The van der Waals surface area contributed by atoms with Gasteiger partial charge in [0.25, 0.3) is 0 Å². The molecule has 6 heteroatoms. The number of aliphatic imine (C=N–C) groups is 1. The molecule has 0 spiro atoms. The van der Waals surface area contributed by atoms with Gasteiger partial charge in [0.05, 0.1) is 0 Å². The Hall–Kier alpha value is -0.890. The van der Waals surface area contributed by atoms with Crippen molar-refractivity contribution in [2.45, 2.75) is 38.5 Å². The molecule has 1 saturated heterocycles. The maximum Gasteiger partial charge on any atom is 0.190 e. The number of guanidine groups is 1. The van der Waals surface area contributed by atoms with Crippen molar-refractivity contribution in [3.05, 3.63) is 35.6 Å². The lowest BCUT2D eigenvalue weighted by Gasteiger charge is -2.20. The van der Waals surface area contributed by atoms with Gasteiger partial charge in [0.1, 0.15) is 5.82 Å². The summed E-state index contributed by atoms with van der Waals surface area (Å²) in [6.07, 6.45) is 7.46. The highest BCUT2D eigenvalue weighted by atomic mass is 127. The number of rotatable bonds is 7. The largest absolute Gasteiger partial charge is 0.356 e. The van der Waals surface area contributed by atoms with E-state index >= 15 is 0 Å². The molecule has 1 aromatic rings. The quantitative estimate of drug-likeness (QED) is 0.283. The lowest BCUT2D eigenvalue weighted by Crippen LogP contribution is -2.39. The molecule has 1 heterocycles. The number of benzene rings is 1. The van der Waals surface area contributed by atoms with Crippen LogP contribution >= 0.6 is 24.0 Å². The summed E-state index contributed by atoms with van der Waals surface area (Å²) in [6.45, 7) is 5.40. The SMILES string of the molecule is CN=C(NCCCN1CCCCCC1)NCCc1ccc(F)cc1.I. The Morgan fingerprint density at radius 2 is 1.68 bits per heavy atom. The van der Waals surface area contributed by atoms with Gasteiger partial charge in [-0.05, 0) is 63.0 Å². The average molecular weight is 462 g/mol. The number of likely N-dealkylation sites (tertiary alicyclic amines) is 1. The van der Waals surface area contributed by atoms with Crippen LogP contribution in [0.5, 0.6) is 0 Å². The minimum atomic E-state index is -0.186. The highest BCUT2D eigenvalue weighted by Crippen LogP contribution is 2.09. The first-order valence-electron chi connectivity index (χ1n) is 9.19. The third-order valence-electron chi connectivity index (χ3n) is 4.49. The zero-order valence-electron chi connectivity index (χ0n) is 15.3. The number of nitrogens with one attached hydrogen (secondary N) is 2. The highest BCUT2D eigenvalue weighted by Gasteiger charge is 2.08. The normalized spacial score (nSPS) is 16.0. The van der Waals surface area contributed by atoms with Gasteiger partial charge in [-0.25, -0.2) is 4.39 Å². The molecule has 0 bridgehead atoms. The van der Waals surface area contributed by atoms with E-state index in [0.717, 1.165) is 37.5 Å². The summed E-state index contributed by atoms with van der Waals surface area (Å²) in [4.78, 5) is 6.84. The predicted octanol–water partition coefficient (Wildman–Crippen LogP) is 3.42. The summed E-state index contributed by atoms with van der Waals surface area (Å²) in [6, 6.07) is 6.67. The Labute approximate surface area is 168 Å². The van der Waals surface area contributed by atoms with Crippen LogP contribution in [0.15, 0.2) is 29.3 Å². The summed E-state index contributed by atoms with van der Waals surface area (Å²) in [5.74, 6) is 0.654. The number of hydrogen-bond donors (Lipinski definition) is 2. The molecule has 142 valence electrons. The van der Waals surface area contributed by atoms with Crippen LogP contribution in [0.3, 0.4) is 0 Å². The Balaban J connectivity index is 0.00000312. The summed E-state index contributed by atoms with van der Waals surface area (Å²) in [5, 5.41) is 6.68. The van der Waals surface area contributed by atoms with Crippen LogP contribution in [0.2, 0.25) is 0 Å². The summed E-state index contributed by atoms with van der Waals surface area (Å²) in [7, 11) is 1.79. The zero-order chi connectivity index (χ0) is 17.0. The molecular weight excluding hydrogens is 430 g/mol. The third kappa shape index (κ3) is 9.39. The molecule has 4 nitrogen and oxygen atoms in total. The maximum atomic E-state index is 12.9. The Morgan fingerprint density at radius 1 is 1.04 bits per heavy atom. The topological polar surface area (TPSA) is 39.7 Å². The molecule has 1 fully saturated rings. The summed E-state index contributed by atoms with van der Waals surface area (Å²) in [5.41, 5.74) is 1.13. The van der Waals surface area contributed by atoms with Crippen LogP contribution in [0.1, 0.15) is 37.7 Å². The van der Waals surface area contributed by atoms with Gasteiger partial charge in [-0.1, -0.05) is 25.0 Å². The van der Waals surface area contributed by atoms with Crippen molar-refractivity contribution < 1.29 is 4.39 Å². The minimum absolute atomic E-state index is 0. The smallest absolute Gasteiger partial charge is 0.190 e. The van der Waals surface area contributed by atoms with Crippen molar-refractivity contribution in [1.29, 1.82) is 0 Å². The first-order valence-corrected chi connectivity index (χ1v) is 9.19. The molecule has 0 atom stereocenters. The summed E-state index contributed by atoms with van der Waals surface area (Å²) >= 11 is 0. The van der Waals surface area contributed by atoms with Crippen LogP contribution in [0.25, 0.3) is 0 Å². The molecule has 0 aliphatic carbocycles. The van der Waals surface area contributed by atoms with E-state index in [-0.39, 0.29) is 29.8 Å². The van der Waals surface area contributed by atoms with Gasteiger partial charge >= 0.3 is 0 Å². The van der Waals surface area contributed by atoms with Crippen LogP contribution in [-0.4, -0.2) is 50.6 Å². The first kappa shape index (κ1) is 22.2. The van der Waals surface area contributed by atoms with E-state index in [1.54, 1.807) is 7.05 Å². The Bertz CT molecular complexity index is 485. The van der Waals surface area contributed by atoms with Gasteiger partial charge < -0.3 is 15.5 Å². The molecule has 0 saturated carbocycles. The van der Waals surface area contributed by atoms with E-state index in [9.17, 15) is 4.39 Å². The first-order chi connectivity index (χ1) is 11.8. The van der Waals surface area contributed by atoms with Crippen molar-refractivity contribution in [3.8, 4) is 0 Å². The van der Waals surface area contributed by atoms with Crippen molar-refractivity contribution in [3.63, 3.8) is 0 Å². The third-order valence-corrected chi connectivity index (χ3v) is 4.49. The van der Waals surface area contributed by atoms with Crippen LogP contribution in [0, 0.1) is 5.82 Å². The Kier molecular flexibility index (Phi) is 11.8. The zero-order valence-corrected chi connectivity index (χ0v) is 17.6. The van der Waals surface area contributed by atoms with Crippen LogP contribution in [-0.2, 0) is 6.42 Å². The molecule has 1 aliphatic heterocycles. The second-order valence-corrected chi connectivity index (χ2v) is 6.41. The molecule has 0 unspecified atom stereocenters. The van der Waals surface area contributed by atoms with Gasteiger partial charge in [-0.3, -0.25) is 4.99 Å². The standard InChI is InChI=1S/C19H31FN4.HI/c1-21-19(23-13-11-17-7-9-18(20)10-8-17)22-12-6-16-24-14-4-2-3-5-15-24;/h7-10H,2-6,11-16H2,1H3,(H2,21,22,23);1H. The lowest BCUT2D eigenvalue weighted by atomic mass is 10.1. The average Bonchev–Trinajstić information content (AvgIpc) is 2.87. The van der Waals surface area contributed by atoms with E-state index in [0.29, 0.717) is 0 Å². The van der Waals surface area contributed by atoms with Crippen molar-refractivity contribution in [1.82, 2.24) is 15.5 Å². The van der Waals surface area contributed by atoms with Crippen LogP contribution < -0.4 is 10.6 Å². The van der Waals surface area contributed by atoms with E-state index in [1.807, 2.05) is 12.1 Å². The molecule has 1 aromatic carbocycles. The lowest BCUT2D eigenvalue weighted by molar-refractivity contribution is 0.282. The number of halogens is 2. The minimum Gasteiger partial charge on any atom is -0.356 e. The van der Waals surface area contributed by atoms with Crippen molar-refractivity contribution in [2.75, 3.05) is 39.8 Å². The Morgan fingerprint density at radius 3 is 2.32 bits per heavy atom. The van der Waals surface area contributed by atoms with Crippen molar-refractivity contribution in [2.24, 2.45) is 4.99 Å². The van der Waals surface area contributed by atoms with E-state index < -0.39 is 0 Å². The summed E-state index contributed by atoms with van der Waals surface area (Å²) < 4.78 is 12.9. The fourth-order valence-corrected chi connectivity index (χ4v) is 3.07. The van der Waals surface area contributed by atoms with Gasteiger partial charge in [-0.2, -0.15) is 0 Å². The van der Waals surface area contributed by atoms with Crippen LogP contribution in [0.4, 0.5) is 4.39 Å². The monoisotopic (exact) mass is 462 g/mol. The number of nitrogens with zero attached hydrogens (tertiary/aromatic N) is 2. The fraction of sp³-hybridized carbons (Fsp3) is 0.632.